The smallest absolute Gasteiger partial charge is 0.273 e. The maximum absolute atomic E-state index is 12.1. The normalized spacial score (nSPS) is 16.3. The molecule has 0 fully saturated rings. The Hall–Kier alpha value is -0.960. The Labute approximate surface area is 120 Å². The van der Waals surface area contributed by atoms with Crippen molar-refractivity contribution < 1.29 is 8.42 Å². The summed E-state index contributed by atoms with van der Waals surface area (Å²) >= 11 is 2.63. The molecule has 2 aromatic rings. The molecule has 3 rings (SSSR count). The summed E-state index contributed by atoms with van der Waals surface area (Å²) < 4.78 is 27.1. The van der Waals surface area contributed by atoms with Gasteiger partial charge in [-0.2, -0.15) is 0 Å². The number of hydrogen-bond donors (Lipinski definition) is 1. The van der Waals surface area contributed by atoms with Crippen molar-refractivity contribution in [1.82, 2.24) is 9.88 Å². The van der Waals surface area contributed by atoms with E-state index in [2.05, 4.69) is 21.7 Å². The van der Waals surface area contributed by atoms with E-state index in [1.54, 1.807) is 17.5 Å². The minimum Gasteiger partial charge on any atom is -0.301 e. The van der Waals surface area contributed by atoms with E-state index in [0.29, 0.717) is 9.34 Å². The van der Waals surface area contributed by atoms with Gasteiger partial charge in [-0.05, 0) is 18.5 Å². The van der Waals surface area contributed by atoms with E-state index in [4.69, 9.17) is 0 Å². The standard InChI is InChI=1S/C11H13N3O2S3/c1-14-5-4-8-9(7-14)18-11(12-8)13-19(15,16)10-3-2-6-17-10/h2-3,6H,4-5,7H2,1H3,(H,12,13). The summed E-state index contributed by atoms with van der Waals surface area (Å²) in [7, 11) is -1.43. The van der Waals surface area contributed by atoms with Gasteiger partial charge in [0.1, 0.15) is 4.21 Å². The maximum Gasteiger partial charge on any atom is 0.273 e. The number of nitrogens with zero attached hydrogens (tertiary/aromatic N) is 2. The average molecular weight is 315 g/mol. The highest BCUT2D eigenvalue weighted by Crippen LogP contribution is 2.29. The summed E-state index contributed by atoms with van der Waals surface area (Å²) in [6.45, 7) is 1.81. The molecule has 102 valence electrons. The van der Waals surface area contributed by atoms with Gasteiger partial charge in [0, 0.05) is 24.4 Å². The van der Waals surface area contributed by atoms with Crippen LogP contribution >= 0.6 is 22.7 Å². The molecule has 1 N–H and O–H groups in total. The number of thiophene rings is 1. The fourth-order valence-corrected chi connectivity index (χ4v) is 5.26. The molecule has 2 aromatic heterocycles. The van der Waals surface area contributed by atoms with Crippen molar-refractivity contribution in [2.75, 3.05) is 18.3 Å². The molecule has 8 heteroatoms. The van der Waals surface area contributed by atoms with Gasteiger partial charge in [0.25, 0.3) is 10.0 Å². The van der Waals surface area contributed by atoms with Crippen LogP contribution in [0.4, 0.5) is 5.13 Å². The predicted molar refractivity (Wildman–Crippen MR) is 77.3 cm³/mol. The molecule has 0 saturated heterocycles. The first-order chi connectivity index (χ1) is 9.04. The highest BCUT2D eigenvalue weighted by Gasteiger charge is 2.22. The van der Waals surface area contributed by atoms with Crippen molar-refractivity contribution in [3.05, 3.63) is 28.1 Å². The van der Waals surface area contributed by atoms with E-state index < -0.39 is 10.0 Å². The van der Waals surface area contributed by atoms with Crippen LogP contribution in [-0.4, -0.2) is 31.9 Å². The van der Waals surface area contributed by atoms with Gasteiger partial charge >= 0.3 is 0 Å². The van der Waals surface area contributed by atoms with E-state index in [0.717, 1.165) is 30.1 Å². The van der Waals surface area contributed by atoms with Crippen molar-refractivity contribution in [2.45, 2.75) is 17.2 Å². The molecule has 0 aliphatic carbocycles. The molecule has 3 heterocycles. The molecular weight excluding hydrogens is 302 g/mol. The van der Waals surface area contributed by atoms with E-state index in [9.17, 15) is 8.42 Å². The lowest BCUT2D eigenvalue weighted by atomic mass is 10.2. The Balaban J connectivity index is 1.85. The van der Waals surface area contributed by atoms with Crippen LogP contribution < -0.4 is 4.72 Å². The summed E-state index contributed by atoms with van der Waals surface area (Å²) in [5.41, 5.74) is 1.02. The fraction of sp³-hybridized carbons (Fsp3) is 0.364. The molecule has 0 radical (unpaired) electrons. The Bertz CT molecular complexity index is 676. The maximum atomic E-state index is 12.1. The first-order valence-electron chi connectivity index (χ1n) is 5.78. The molecule has 0 bridgehead atoms. The van der Waals surface area contributed by atoms with Gasteiger partial charge in [0.15, 0.2) is 5.13 Å². The third-order valence-corrected chi connectivity index (χ3v) is 6.77. The molecule has 0 spiro atoms. The summed E-state index contributed by atoms with van der Waals surface area (Å²) in [4.78, 5) is 7.74. The summed E-state index contributed by atoms with van der Waals surface area (Å²) in [6, 6.07) is 3.31. The second-order valence-corrected chi connectivity index (χ2v) is 8.35. The molecule has 1 aliphatic heterocycles. The molecule has 0 unspecified atom stereocenters. The monoisotopic (exact) mass is 315 g/mol. The zero-order valence-corrected chi connectivity index (χ0v) is 12.7. The lowest BCUT2D eigenvalue weighted by molar-refractivity contribution is 0.314. The van der Waals surface area contributed by atoms with Crippen molar-refractivity contribution in [2.24, 2.45) is 0 Å². The molecule has 0 amide bonds. The van der Waals surface area contributed by atoms with Gasteiger partial charge in [-0.3, -0.25) is 4.72 Å². The van der Waals surface area contributed by atoms with Crippen molar-refractivity contribution in [3.8, 4) is 0 Å². The second-order valence-electron chi connectivity index (χ2n) is 4.41. The van der Waals surface area contributed by atoms with E-state index >= 15 is 0 Å². The largest absolute Gasteiger partial charge is 0.301 e. The predicted octanol–water partition coefficient (Wildman–Crippen LogP) is 1.99. The Morgan fingerprint density at radius 3 is 3.05 bits per heavy atom. The van der Waals surface area contributed by atoms with Crippen LogP contribution in [0.1, 0.15) is 10.6 Å². The highest BCUT2D eigenvalue weighted by molar-refractivity contribution is 7.94. The van der Waals surface area contributed by atoms with Crippen molar-refractivity contribution in [1.29, 1.82) is 0 Å². The van der Waals surface area contributed by atoms with Crippen LogP contribution in [0.3, 0.4) is 0 Å². The van der Waals surface area contributed by atoms with Crippen LogP contribution in [-0.2, 0) is 23.0 Å². The average Bonchev–Trinajstić information content (AvgIpc) is 2.95. The van der Waals surface area contributed by atoms with Crippen LogP contribution in [0.25, 0.3) is 0 Å². The van der Waals surface area contributed by atoms with Gasteiger partial charge in [-0.15, -0.1) is 11.3 Å². The number of thiazole rings is 1. The number of hydrogen-bond acceptors (Lipinski definition) is 6. The number of anilines is 1. The minimum absolute atomic E-state index is 0.317. The van der Waals surface area contributed by atoms with E-state index in [-0.39, 0.29) is 0 Å². The third kappa shape index (κ3) is 2.66. The first-order valence-corrected chi connectivity index (χ1v) is 8.96. The second kappa shape index (κ2) is 4.86. The number of nitrogens with one attached hydrogen (secondary N) is 1. The molecule has 1 aliphatic rings. The highest BCUT2D eigenvalue weighted by atomic mass is 32.2. The molecule has 0 saturated carbocycles. The van der Waals surface area contributed by atoms with Crippen LogP contribution in [0.15, 0.2) is 21.7 Å². The lowest BCUT2D eigenvalue weighted by Crippen LogP contribution is -2.25. The Kier molecular flexibility index (Phi) is 3.34. The molecule has 0 atom stereocenters. The number of aromatic nitrogens is 1. The number of fused-ring (bicyclic) bond motifs is 1. The summed E-state index contributed by atoms with van der Waals surface area (Å²) in [6.07, 6.45) is 0.878. The number of sulfonamides is 1. The van der Waals surface area contributed by atoms with Gasteiger partial charge in [0.05, 0.1) is 5.69 Å². The Morgan fingerprint density at radius 1 is 1.47 bits per heavy atom. The van der Waals surface area contributed by atoms with Gasteiger partial charge in [-0.25, -0.2) is 13.4 Å². The van der Waals surface area contributed by atoms with E-state index in [1.807, 2.05) is 0 Å². The molecular formula is C11H13N3O2S3. The van der Waals surface area contributed by atoms with Crippen LogP contribution in [0.2, 0.25) is 0 Å². The quantitative estimate of drug-likeness (QED) is 0.941. The molecule has 0 aromatic carbocycles. The molecule has 5 nitrogen and oxygen atoms in total. The number of likely N-dealkylation sites (N-methyl/N-ethyl adjacent to an activating group) is 1. The van der Waals surface area contributed by atoms with Crippen LogP contribution in [0.5, 0.6) is 0 Å². The van der Waals surface area contributed by atoms with Crippen molar-refractivity contribution >= 4 is 37.8 Å². The summed E-state index contributed by atoms with van der Waals surface area (Å²) in [5.74, 6) is 0. The summed E-state index contributed by atoms with van der Waals surface area (Å²) in [5, 5.41) is 2.21. The van der Waals surface area contributed by atoms with Gasteiger partial charge < -0.3 is 4.90 Å². The Morgan fingerprint density at radius 2 is 2.32 bits per heavy atom. The lowest BCUT2D eigenvalue weighted by Gasteiger charge is -2.20. The minimum atomic E-state index is -3.48. The zero-order valence-electron chi connectivity index (χ0n) is 10.3. The first kappa shape index (κ1) is 13.0. The van der Waals surface area contributed by atoms with Gasteiger partial charge in [-0.1, -0.05) is 17.4 Å². The topological polar surface area (TPSA) is 62.3 Å². The number of rotatable bonds is 3. The fourth-order valence-electron chi connectivity index (χ4n) is 1.95. The molecule has 19 heavy (non-hydrogen) atoms. The van der Waals surface area contributed by atoms with Crippen molar-refractivity contribution in [3.63, 3.8) is 0 Å². The van der Waals surface area contributed by atoms with E-state index in [1.165, 1.54) is 22.7 Å². The van der Waals surface area contributed by atoms with Gasteiger partial charge in [0.2, 0.25) is 0 Å². The zero-order chi connectivity index (χ0) is 13.5. The third-order valence-electron chi connectivity index (χ3n) is 2.90. The SMILES string of the molecule is CN1CCc2nc(NS(=O)(=O)c3cccs3)sc2C1. The van der Waals surface area contributed by atoms with Crippen LogP contribution in [0, 0.1) is 0 Å².